The van der Waals surface area contributed by atoms with E-state index in [1.165, 1.54) is 5.56 Å². The summed E-state index contributed by atoms with van der Waals surface area (Å²) in [6.45, 7) is 10.1. The van der Waals surface area contributed by atoms with Crippen LogP contribution in [0, 0.1) is 0 Å². The molecule has 1 rings (SSSR count). The highest BCUT2D eigenvalue weighted by Gasteiger charge is 2.02. The maximum absolute atomic E-state index is 4.62. The second-order valence-corrected chi connectivity index (χ2v) is 5.50. The summed E-state index contributed by atoms with van der Waals surface area (Å²) in [6.07, 6.45) is 1.01. The Hall–Kier alpha value is -0.820. The average molecular weight is 418 g/mol. The molecular weight excluding hydrogens is 387 g/mol. The second-order valence-electron chi connectivity index (χ2n) is 5.50. The smallest absolute Gasteiger partial charge is 0.191 e. The lowest BCUT2D eigenvalue weighted by Gasteiger charge is -2.20. The van der Waals surface area contributed by atoms with Crippen molar-refractivity contribution in [2.45, 2.75) is 33.2 Å². The molecule has 0 aromatic heterocycles. The van der Waals surface area contributed by atoms with Crippen LogP contribution < -0.4 is 10.6 Å². The molecule has 0 fully saturated rings. The van der Waals surface area contributed by atoms with E-state index in [2.05, 4.69) is 72.6 Å². The minimum Gasteiger partial charge on any atom is -0.357 e. The number of hydrogen-bond donors (Lipinski definition) is 2. The van der Waals surface area contributed by atoms with Crippen LogP contribution in [0.4, 0.5) is 0 Å². The van der Waals surface area contributed by atoms with E-state index >= 15 is 0 Å². The highest BCUT2D eigenvalue weighted by molar-refractivity contribution is 14.0. The molecule has 4 nitrogen and oxygen atoms in total. The minimum atomic E-state index is 0. The highest BCUT2D eigenvalue weighted by atomic mass is 127. The summed E-state index contributed by atoms with van der Waals surface area (Å²) < 4.78 is 0. The summed E-state index contributed by atoms with van der Waals surface area (Å²) in [6, 6.07) is 11.1. The average Bonchev–Trinajstić information content (AvgIpc) is 2.48. The molecule has 0 saturated heterocycles. The SMILES string of the molecule is CCNC(=NCCN(C)C(C)C)NCCc1ccccc1.I. The van der Waals surface area contributed by atoms with Crippen LogP contribution >= 0.6 is 24.0 Å². The first kappa shape index (κ1) is 21.2. The Labute approximate surface area is 152 Å². The monoisotopic (exact) mass is 418 g/mol. The van der Waals surface area contributed by atoms with Crippen molar-refractivity contribution in [3.8, 4) is 0 Å². The van der Waals surface area contributed by atoms with Crippen LogP contribution in [0.15, 0.2) is 35.3 Å². The van der Waals surface area contributed by atoms with Gasteiger partial charge in [0.25, 0.3) is 0 Å². The summed E-state index contributed by atoms with van der Waals surface area (Å²) in [5.74, 6) is 0.908. The lowest BCUT2D eigenvalue weighted by atomic mass is 10.1. The third-order valence-electron chi connectivity index (χ3n) is 3.50. The molecule has 0 aliphatic carbocycles. The lowest BCUT2D eigenvalue weighted by Crippen LogP contribution is -2.39. The van der Waals surface area contributed by atoms with E-state index in [4.69, 9.17) is 0 Å². The van der Waals surface area contributed by atoms with Crippen LogP contribution in [0.1, 0.15) is 26.3 Å². The van der Waals surface area contributed by atoms with Gasteiger partial charge in [0.2, 0.25) is 0 Å². The quantitative estimate of drug-likeness (QED) is 0.388. The maximum atomic E-state index is 4.62. The van der Waals surface area contributed by atoms with Crippen LogP contribution in [-0.4, -0.2) is 50.1 Å². The zero-order valence-electron chi connectivity index (χ0n) is 14.3. The van der Waals surface area contributed by atoms with Crippen LogP contribution in [0.25, 0.3) is 0 Å². The van der Waals surface area contributed by atoms with Gasteiger partial charge in [0.1, 0.15) is 0 Å². The van der Waals surface area contributed by atoms with Gasteiger partial charge in [-0.3, -0.25) is 4.99 Å². The molecule has 126 valence electrons. The van der Waals surface area contributed by atoms with Gasteiger partial charge in [-0.05, 0) is 39.8 Å². The van der Waals surface area contributed by atoms with Gasteiger partial charge >= 0.3 is 0 Å². The van der Waals surface area contributed by atoms with Gasteiger partial charge in [-0.15, -0.1) is 24.0 Å². The van der Waals surface area contributed by atoms with Crippen molar-refractivity contribution in [3.63, 3.8) is 0 Å². The fourth-order valence-electron chi connectivity index (χ4n) is 1.89. The lowest BCUT2D eigenvalue weighted by molar-refractivity contribution is 0.282. The summed E-state index contributed by atoms with van der Waals surface area (Å²) in [5.41, 5.74) is 1.35. The molecule has 2 N–H and O–H groups in total. The molecule has 0 heterocycles. The van der Waals surface area contributed by atoms with Gasteiger partial charge in [-0.1, -0.05) is 30.3 Å². The zero-order chi connectivity index (χ0) is 15.5. The Balaban J connectivity index is 0.00000441. The molecule has 0 atom stereocenters. The van der Waals surface area contributed by atoms with Crippen LogP contribution in [0.3, 0.4) is 0 Å². The summed E-state index contributed by atoms with van der Waals surface area (Å²) in [5, 5.41) is 6.68. The maximum Gasteiger partial charge on any atom is 0.191 e. The molecule has 1 aromatic carbocycles. The molecule has 0 spiro atoms. The predicted octanol–water partition coefficient (Wildman–Crippen LogP) is 2.74. The van der Waals surface area contributed by atoms with E-state index in [1.807, 2.05) is 6.07 Å². The van der Waals surface area contributed by atoms with E-state index in [9.17, 15) is 0 Å². The molecule has 0 radical (unpaired) electrons. The molecule has 5 heteroatoms. The van der Waals surface area contributed by atoms with Crippen molar-refractivity contribution in [3.05, 3.63) is 35.9 Å². The standard InChI is InChI=1S/C17H30N4.HI/c1-5-18-17(20-13-14-21(4)15(2)3)19-12-11-16-9-7-6-8-10-16;/h6-10,15H,5,11-14H2,1-4H3,(H2,18,19,20);1H. The Morgan fingerprint density at radius 2 is 1.86 bits per heavy atom. The largest absolute Gasteiger partial charge is 0.357 e. The number of nitrogens with zero attached hydrogens (tertiary/aromatic N) is 2. The molecule has 0 saturated carbocycles. The normalized spacial score (nSPS) is 11.5. The first-order valence-electron chi connectivity index (χ1n) is 7.89. The van der Waals surface area contributed by atoms with Crippen LogP contribution in [0.2, 0.25) is 0 Å². The summed E-state index contributed by atoms with van der Waals surface area (Å²) in [4.78, 5) is 6.92. The fraction of sp³-hybridized carbons (Fsp3) is 0.588. The van der Waals surface area contributed by atoms with E-state index < -0.39 is 0 Å². The number of guanidine groups is 1. The molecular formula is C17H31IN4. The van der Waals surface area contributed by atoms with E-state index in [0.717, 1.165) is 38.6 Å². The number of benzene rings is 1. The molecule has 1 aromatic rings. The molecule has 22 heavy (non-hydrogen) atoms. The Kier molecular flexibility index (Phi) is 12.2. The van der Waals surface area contributed by atoms with Gasteiger partial charge in [0.15, 0.2) is 5.96 Å². The van der Waals surface area contributed by atoms with E-state index in [1.54, 1.807) is 0 Å². The van der Waals surface area contributed by atoms with Crippen molar-refractivity contribution in [1.82, 2.24) is 15.5 Å². The topological polar surface area (TPSA) is 39.7 Å². The molecule has 0 unspecified atom stereocenters. The number of halogens is 1. The molecule has 0 amide bonds. The van der Waals surface area contributed by atoms with Crippen molar-refractivity contribution < 1.29 is 0 Å². The number of nitrogens with one attached hydrogen (secondary N) is 2. The number of rotatable bonds is 8. The molecule has 0 aliphatic heterocycles. The highest BCUT2D eigenvalue weighted by Crippen LogP contribution is 1.98. The van der Waals surface area contributed by atoms with Crippen LogP contribution in [0.5, 0.6) is 0 Å². The first-order chi connectivity index (χ1) is 10.1. The predicted molar refractivity (Wildman–Crippen MR) is 107 cm³/mol. The van der Waals surface area contributed by atoms with Crippen molar-refractivity contribution in [2.75, 3.05) is 33.2 Å². The molecule has 0 bridgehead atoms. The van der Waals surface area contributed by atoms with E-state index in [0.29, 0.717) is 6.04 Å². The van der Waals surface area contributed by atoms with Crippen LogP contribution in [-0.2, 0) is 6.42 Å². The zero-order valence-corrected chi connectivity index (χ0v) is 16.6. The minimum absolute atomic E-state index is 0. The van der Waals surface area contributed by atoms with Crippen molar-refractivity contribution in [2.24, 2.45) is 4.99 Å². The van der Waals surface area contributed by atoms with Crippen molar-refractivity contribution >= 4 is 29.9 Å². The number of aliphatic imine (C=N–C) groups is 1. The van der Waals surface area contributed by atoms with Gasteiger partial charge in [0.05, 0.1) is 6.54 Å². The van der Waals surface area contributed by atoms with Gasteiger partial charge in [-0.2, -0.15) is 0 Å². The Morgan fingerprint density at radius 3 is 2.45 bits per heavy atom. The number of likely N-dealkylation sites (N-methyl/N-ethyl adjacent to an activating group) is 1. The summed E-state index contributed by atoms with van der Waals surface area (Å²) >= 11 is 0. The fourth-order valence-corrected chi connectivity index (χ4v) is 1.89. The summed E-state index contributed by atoms with van der Waals surface area (Å²) in [7, 11) is 2.13. The van der Waals surface area contributed by atoms with Crippen molar-refractivity contribution in [1.29, 1.82) is 0 Å². The van der Waals surface area contributed by atoms with E-state index in [-0.39, 0.29) is 24.0 Å². The third-order valence-corrected chi connectivity index (χ3v) is 3.50. The number of hydrogen-bond acceptors (Lipinski definition) is 2. The van der Waals surface area contributed by atoms with Gasteiger partial charge in [0, 0.05) is 25.7 Å². The Bertz CT molecular complexity index is 406. The Morgan fingerprint density at radius 1 is 1.18 bits per heavy atom. The first-order valence-corrected chi connectivity index (χ1v) is 7.89. The van der Waals surface area contributed by atoms with Gasteiger partial charge < -0.3 is 15.5 Å². The molecule has 0 aliphatic rings. The van der Waals surface area contributed by atoms with Gasteiger partial charge in [-0.25, -0.2) is 0 Å². The third kappa shape index (κ3) is 9.25. The second kappa shape index (κ2) is 12.7.